The van der Waals surface area contributed by atoms with Gasteiger partial charge in [0.05, 0.1) is 6.20 Å². The van der Waals surface area contributed by atoms with Gasteiger partial charge in [-0.15, -0.1) is 41.9 Å². The predicted molar refractivity (Wildman–Crippen MR) is 399 cm³/mol. The minimum absolute atomic E-state index is 0. The second-order valence-electron chi connectivity index (χ2n) is 13.2. The highest BCUT2D eigenvalue weighted by Crippen LogP contribution is 2.04. The molecular weight excluding hydrogens is 1200 g/mol. The van der Waals surface area contributed by atoms with Gasteiger partial charge in [0, 0.05) is 93.0 Å². The van der Waals surface area contributed by atoms with E-state index >= 15 is 0 Å². The summed E-state index contributed by atoms with van der Waals surface area (Å²) in [5, 5.41) is 61.5. The highest BCUT2D eigenvalue weighted by atomic mass is 32.1. The molecule has 0 aliphatic carbocycles. The highest BCUT2D eigenvalue weighted by molar-refractivity contribution is 7.11. The molecule has 530 valence electrons. The summed E-state index contributed by atoms with van der Waals surface area (Å²) in [5.74, 6) is 2.96. The summed E-state index contributed by atoms with van der Waals surface area (Å²) in [6.07, 6.45) is 20.6. The molecule has 0 aliphatic rings. The predicted octanol–water partition coefficient (Wildman–Crippen LogP) is 19.8. The third kappa shape index (κ3) is 98.7. The summed E-state index contributed by atoms with van der Waals surface area (Å²) >= 11 is 4.64. The maximum Gasteiger partial charge on any atom is 0.213 e. The molecule has 0 amide bonds. The fraction of sp³-hybridized carbons (Fsp3) is 0.562. The highest BCUT2D eigenvalue weighted by Gasteiger charge is 1.90. The zero-order valence-electron chi connectivity index (χ0n) is 58.5. The molecule has 0 radical (unpaired) electrons. The van der Waals surface area contributed by atoms with Gasteiger partial charge >= 0.3 is 0 Å². The van der Waals surface area contributed by atoms with Crippen molar-refractivity contribution < 1.29 is 4.42 Å². The van der Waals surface area contributed by atoms with Gasteiger partial charge < -0.3 is 8.98 Å². The Balaban J connectivity index is -0.0000000579. The lowest BCUT2D eigenvalue weighted by molar-refractivity contribution is 0.489. The molecule has 5 N–H and O–H groups in total. The van der Waals surface area contributed by atoms with Crippen molar-refractivity contribution >= 4 is 34.4 Å². The molecule has 11 aromatic heterocycles. The van der Waals surface area contributed by atoms with Gasteiger partial charge in [-0.1, -0.05) is 162 Å². The van der Waals surface area contributed by atoms with Crippen molar-refractivity contribution in [2.75, 3.05) is 0 Å². The molecule has 11 rings (SSSR count). The topological polar surface area (TPSA) is 308 Å². The van der Waals surface area contributed by atoms with E-state index in [0.717, 1.165) is 33.1 Å². The number of H-pyrrole nitrogens is 5. The molecule has 24 nitrogen and oxygen atoms in total. The molecule has 0 aromatic carbocycles. The van der Waals surface area contributed by atoms with Crippen LogP contribution in [0.15, 0.2) is 109 Å². The van der Waals surface area contributed by atoms with E-state index in [2.05, 4.69) is 105 Å². The Bertz CT molecular complexity index is 2070. The molecule has 0 atom stereocenters. The Hall–Kier alpha value is -7.78. The van der Waals surface area contributed by atoms with Crippen LogP contribution in [-0.4, -0.2) is 115 Å². The number of hydrogen-bond donors (Lipinski definition) is 5. The van der Waals surface area contributed by atoms with Crippen molar-refractivity contribution in [1.29, 1.82) is 0 Å². The first kappa shape index (κ1) is 117. The summed E-state index contributed by atoms with van der Waals surface area (Å²) in [6.45, 7) is 57.1. The normalized spacial score (nSPS) is 7.29. The summed E-state index contributed by atoms with van der Waals surface area (Å²) < 4.78 is 16.1. The van der Waals surface area contributed by atoms with Crippen LogP contribution in [0.5, 0.6) is 0 Å². The number of nitrogens with one attached hydrogen (secondary N) is 5. The molecule has 0 unspecified atom stereocenters. The van der Waals surface area contributed by atoms with E-state index in [1.54, 1.807) is 78.1 Å². The summed E-state index contributed by atoms with van der Waals surface area (Å²) in [4.78, 5) is 8.77. The maximum absolute atomic E-state index is 4.86. The average Bonchev–Trinajstić information content (AvgIpc) is 4.46. The van der Waals surface area contributed by atoms with Gasteiger partial charge in [0.25, 0.3) is 0 Å². The fourth-order valence-electron chi connectivity index (χ4n) is 3.42. The Morgan fingerprint density at radius 2 is 0.879 bits per heavy atom. The van der Waals surface area contributed by atoms with Gasteiger partial charge in [0.1, 0.15) is 47.0 Å². The Morgan fingerprint density at radius 3 is 0.978 bits per heavy atom. The Labute approximate surface area is 567 Å². The molecule has 0 bridgehead atoms. The molecule has 27 heteroatoms. The fourth-order valence-corrected chi connectivity index (χ4v) is 4.94. The standard InChI is InChI=1S/C4H6N2O.C4H6N2S.4C4H6N2.2C4H5NS.3C3H5N3.9C2H6.5CH4/c2*1-3-5-6-4(2)7-3;1-4-2-5-6-3-4;1-6-4-2-3-5-6;2*1-4-2-3-5-6-4;1-4-2-5-6-3-4;1-4-2-3-5-6-4;1-6-2-4-5-3-6;2*1-3-4-2-5-6-3;9*1-2;;;;;/h2*1-2H3;2-3H,1H3,(H,5,6);2-4H,1H3;2*2-3H,1H3,(H,5,6);3*2-3H,1H3;2*2H,1H3,(H,4,5,6);9*1-2H3;5*1H4. The number of aromatic amines is 5. The van der Waals surface area contributed by atoms with Crippen LogP contribution < -0.4 is 0 Å². The monoisotopic (exact) mass is 1340 g/mol. The van der Waals surface area contributed by atoms with Crippen LogP contribution in [0.2, 0.25) is 0 Å². The number of aryl methyl sites for hydroxylation is 13. The van der Waals surface area contributed by atoms with E-state index in [4.69, 9.17) is 4.42 Å². The van der Waals surface area contributed by atoms with Gasteiger partial charge in [-0.05, 0) is 121 Å². The summed E-state index contributed by atoms with van der Waals surface area (Å²) in [5.41, 5.74) is 4.64. The van der Waals surface area contributed by atoms with E-state index in [1.165, 1.54) is 51.7 Å². The van der Waals surface area contributed by atoms with E-state index < -0.39 is 0 Å². The van der Waals surface area contributed by atoms with Crippen LogP contribution in [0.4, 0.5) is 0 Å². The largest absolute Gasteiger partial charge is 0.426 e. The number of rotatable bonds is 0. The third-order valence-corrected chi connectivity index (χ3v) is 8.64. The van der Waals surface area contributed by atoms with E-state index in [0.29, 0.717) is 11.8 Å². The molecule has 0 spiro atoms. The molecule has 91 heavy (non-hydrogen) atoms. The molecule has 11 aromatic rings. The van der Waals surface area contributed by atoms with Crippen LogP contribution in [0.25, 0.3) is 0 Å². The molecular formula is C64H135N23OS3. The average molecular weight is 1340 g/mol. The second-order valence-corrected chi connectivity index (χ2v) is 16.3. The number of hydrogen-bond acceptors (Lipinski definition) is 20. The smallest absolute Gasteiger partial charge is 0.213 e. The summed E-state index contributed by atoms with van der Waals surface area (Å²) in [7, 11) is 3.76. The van der Waals surface area contributed by atoms with Crippen molar-refractivity contribution in [3.63, 3.8) is 0 Å². The molecule has 0 saturated heterocycles. The van der Waals surface area contributed by atoms with Crippen molar-refractivity contribution in [2.24, 2.45) is 14.1 Å². The maximum atomic E-state index is 4.86. The van der Waals surface area contributed by atoms with Crippen molar-refractivity contribution in [3.05, 3.63) is 165 Å². The van der Waals surface area contributed by atoms with Crippen molar-refractivity contribution in [2.45, 2.75) is 238 Å². The quantitative estimate of drug-likeness (QED) is 0.0942. The van der Waals surface area contributed by atoms with Gasteiger partial charge in [-0.2, -0.15) is 30.6 Å². The first-order valence-electron chi connectivity index (χ1n) is 29.1. The third-order valence-electron chi connectivity index (χ3n) is 6.53. The van der Waals surface area contributed by atoms with E-state index in [1.807, 2.05) is 249 Å². The van der Waals surface area contributed by atoms with E-state index in [9.17, 15) is 0 Å². The van der Waals surface area contributed by atoms with Gasteiger partial charge in [-0.3, -0.25) is 30.2 Å². The SMILES string of the molecule is C.C.C.C.C.CC.CC.CC.CC.CC.CC.CC.CC.CC.Cc1ccn[nH]1.Cc1ccn[nH]1.Cc1ccns1.Cc1cn[nH]c1.Cc1cnsc1.Cc1ncn[nH]1.Cc1ncn[nH]1.Cc1nnc(C)o1.Cc1nnc(C)s1.Cn1cccn1.Cn1cnnc1. The van der Waals surface area contributed by atoms with E-state index in [-0.39, 0.29) is 37.1 Å². The van der Waals surface area contributed by atoms with Crippen LogP contribution in [-0.2, 0) is 14.1 Å². The molecule has 11 heterocycles. The van der Waals surface area contributed by atoms with Crippen LogP contribution in [0.3, 0.4) is 0 Å². The van der Waals surface area contributed by atoms with Crippen LogP contribution >= 0.6 is 34.4 Å². The van der Waals surface area contributed by atoms with Crippen LogP contribution in [0, 0.1) is 76.2 Å². The number of aromatic nitrogens is 23. The molecule has 0 aliphatic heterocycles. The zero-order chi connectivity index (χ0) is 68.2. The van der Waals surface area contributed by atoms with Crippen molar-refractivity contribution in [3.8, 4) is 0 Å². The van der Waals surface area contributed by atoms with Crippen LogP contribution in [0.1, 0.15) is 223 Å². The first-order chi connectivity index (χ1) is 41.6. The lowest BCUT2D eigenvalue weighted by Crippen LogP contribution is -1.83. The molecule has 0 saturated carbocycles. The summed E-state index contributed by atoms with van der Waals surface area (Å²) in [6, 6.07) is 7.71. The van der Waals surface area contributed by atoms with Gasteiger partial charge in [-0.25, -0.2) is 18.7 Å². The minimum Gasteiger partial charge on any atom is -0.426 e. The van der Waals surface area contributed by atoms with Gasteiger partial charge in [0.2, 0.25) is 11.8 Å². The lowest BCUT2D eigenvalue weighted by atomic mass is 10.4. The van der Waals surface area contributed by atoms with Gasteiger partial charge in [0.15, 0.2) is 0 Å². The number of nitrogens with zero attached hydrogens (tertiary/aromatic N) is 18. The van der Waals surface area contributed by atoms with Crippen molar-refractivity contribution in [1.82, 2.24) is 115 Å². The zero-order valence-corrected chi connectivity index (χ0v) is 60.9. The molecule has 0 fully saturated rings. The Morgan fingerprint density at radius 1 is 0.451 bits per heavy atom. The lowest BCUT2D eigenvalue weighted by Gasteiger charge is -1.77. The second kappa shape index (κ2) is 101. The first-order valence-corrected chi connectivity index (χ1v) is 31.6. The Kier molecular flexibility index (Phi) is 131. The minimum atomic E-state index is 0.